The lowest BCUT2D eigenvalue weighted by Crippen LogP contribution is -2.45. The fraction of sp³-hybridized carbons (Fsp3) is 0.474. The molecule has 2 N–H and O–H groups in total. The van der Waals surface area contributed by atoms with Crippen LogP contribution in [0.2, 0.25) is 0 Å². The van der Waals surface area contributed by atoms with Gasteiger partial charge in [-0.05, 0) is 39.3 Å². The van der Waals surface area contributed by atoms with Crippen molar-refractivity contribution in [3.8, 4) is 0 Å². The number of sulfonamides is 1. The number of carbonyl (C=O) groups is 1. The summed E-state index contributed by atoms with van der Waals surface area (Å²) in [6.45, 7) is 6.09. The maximum Gasteiger partial charge on any atom is 0.244 e. The molecule has 1 aromatic carbocycles. The minimum Gasteiger partial charge on any atom is -0.375 e. The molecule has 2 aromatic rings. The van der Waals surface area contributed by atoms with E-state index in [-0.39, 0.29) is 10.8 Å². The zero-order chi connectivity index (χ0) is 20.9. The molecular weight excluding hydrogens is 378 g/mol. The van der Waals surface area contributed by atoms with Crippen LogP contribution in [0.5, 0.6) is 0 Å². The number of nitrogens with zero attached hydrogens (tertiary/aromatic N) is 3. The second-order valence-electron chi connectivity index (χ2n) is 6.87. The van der Waals surface area contributed by atoms with Gasteiger partial charge in [0.1, 0.15) is 4.90 Å². The summed E-state index contributed by atoms with van der Waals surface area (Å²) in [5, 5.41) is 6.91. The fourth-order valence-corrected chi connectivity index (χ4v) is 4.62. The van der Waals surface area contributed by atoms with Gasteiger partial charge in [-0.15, -0.1) is 0 Å². The first kappa shape index (κ1) is 21.9. The van der Waals surface area contributed by atoms with Crippen LogP contribution in [0.1, 0.15) is 24.7 Å². The SMILES string of the molecule is Cc1nn(C)c(C)c1S(=O)(=O)N[C@H](C)C(=O)NCCCN(C)c1ccccc1. The van der Waals surface area contributed by atoms with E-state index < -0.39 is 16.1 Å². The largest absolute Gasteiger partial charge is 0.375 e. The smallest absolute Gasteiger partial charge is 0.244 e. The summed E-state index contributed by atoms with van der Waals surface area (Å²) in [5.74, 6) is -0.356. The zero-order valence-corrected chi connectivity index (χ0v) is 17.9. The summed E-state index contributed by atoms with van der Waals surface area (Å²) in [6, 6.07) is 9.10. The lowest BCUT2D eigenvalue weighted by molar-refractivity contribution is -0.122. The molecule has 1 amide bonds. The lowest BCUT2D eigenvalue weighted by Gasteiger charge is -2.19. The third-order valence-corrected chi connectivity index (χ3v) is 6.40. The minimum atomic E-state index is -3.83. The van der Waals surface area contributed by atoms with Gasteiger partial charge in [0.15, 0.2) is 0 Å². The average molecular weight is 408 g/mol. The quantitative estimate of drug-likeness (QED) is 0.612. The molecule has 0 fully saturated rings. The summed E-state index contributed by atoms with van der Waals surface area (Å²) in [5.41, 5.74) is 2.04. The van der Waals surface area contributed by atoms with Crippen molar-refractivity contribution in [2.75, 3.05) is 25.0 Å². The van der Waals surface area contributed by atoms with Crippen molar-refractivity contribution < 1.29 is 13.2 Å². The molecule has 0 unspecified atom stereocenters. The van der Waals surface area contributed by atoms with Gasteiger partial charge in [-0.25, -0.2) is 8.42 Å². The Balaban J connectivity index is 1.84. The number of anilines is 1. The van der Waals surface area contributed by atoms with E-state index in [0.717, 1.165) is 18.7 Å². The maximum absolute atomic E-state index is 12.6. The molecule has 9 heteroatoms. The van der Waals surface area contributed by atoms with Crippen LogP contribution in [0.25, 0.3) is 0 Å². The molecule has 0 saturated carbocycles. The van der Waals surface area contributed by atoms with E-state index in [9.17, 15) is 13.2 Å². The van der Waals surface area contributed by atoms with Crippen molar-refractivity contribution in [2.45, 2.75) is 38.1 Å². The second kappa shape index (κ2) is 9.20. The molecule has 0 aliphatic rings. The molecule has 0 spiro atoms. The molecule has 1 aromatic heterocycles. The molecule has 1 atom stereocenters. The Hall–Kier alpha value is -2.39. The van der Waals surface area contributed by atoms with Gasteiger partial charge in [0, 0.05) is 32.9 Å². The third-order valence-electron chi connectivity index (χ3n) is 4.60. The maximum atomic E-state index is 12.6. The van der Waals surface area contributed by atoms with Gasteiger partial charge in [0.25, 0.3) is 0 Å². The van der Waals surface area contributed by atoms with E-state index in [1.165, 1.54) is 11.6 Å². The van der Waals surface area contributed by atoms with Crippen LogP contribution < -0.4 is 14.9 Å². The van der Waals surface area contributed by atoms with Gasteiger partial charge in [-0.1, -0.05) is 18.2 Å². The van der Waals surface area contributed by atoms with Crippen LogP contribution in [0.4, 0.5) is 5.69 Å². The highest BCUT2D eigenvalue weighted by atomic mass is 32.2. The molecule has 0 aliphatic heterocycles. The van der Waals surface area contributed by atoms with Gasteiger partial charge >= 0.3 is 0 Å². The molecule has 0 saturated heterocycles. The Labute approximate surface area is 167 Å². The van der Waals surface area contributed by atoms with Gasteiger partial charge in [-0.3, -0.25) is 9.48 Å². The minimum absolute atomic E-state index is 0.124. The first-order valence-electron chi connectivity index (χ1n) is 9.20. The highest BCUT2D eigenvalue weighted by Gasteiger charge is 2.27. The van der Waals surface area contributed by atoms with E-state index in [1.807, 2.05) is 37.4 Å². The van der Waals surface area contributed by atoms with Crippen LogP contribution in [0.15, 0.2) is 35.2 Å². The summed E-state index contributed by atoms with van der Waals surface area (Å²) in [6.07, 6.45) is 0.747. The first-order chi connectivity index (χ1) is 13.1. The normalized spacial score (nSPS) is 12.6. The number of nitrogens with one attached hydrogen (secondary N) is 2. The van der Waals surface area contributed by atoms with Crippen molar-refractivity contribution >= 4 is 21.6 Å². The summed E-state index contributed by atoms with van der Waals surface area (Å²) < 4.78 is 29.2. The zero-order valence-electron chi connectivity index (χ0n) is 17.1. The highest BCUT2D eigenvalue weighted by molar-refractivity contribution is 7.89. The standard InChI is InChI=1S/C19H29N5O3S/c1-14-18(16(3)24(5)21-14)28(26,27)22-15(2)19(25)20-12-9-13-23(4)17-10-7-6-8-11-17/h6-8,10-11,15,22H,9,12-13H2,1-5H3,(H,20,25)/t15-/m1/s1. The number of hydrogen-bond acceptors (Lipinski definition) is 5. The van der Waals surface area contributed by atoms with Crippen molar-refractivity contribution in [3.63, 3.8) is 0 Å². The number of aromatic nitrogens is 2. The number of rotatable bonds is 9. The van der Waals surface area contributed by atoms with E-state index in [2.05, 4.69) is 20.0 Å². The number of hydrogen-bond donors (Lipinski definition) is 2. The molecule has 2 rings (SSSR count). The average Bonchev–Trinajstić information content (AvgIpc) is 2.91. The fourth-order valence-electron chi connectivity index (χ4n) is 2.98. The summed E-state index contributed by atoms with van der Waals surface area (Å²) in [7, 11) is -0.150. The Morgan fingerprint density at radius 2 is 1.89 bits per heavy atom. The Morgan fingerprint density at radius 3 is 2.46 bits per heavy atom. The van der Waals surface area contributed by atoms with Crippen molar-refractivity contribution in [2.24, 2.45) is 7.05 Å². The molecule has 1 heterocycles. The Kier molecular flexibility index (Phi) is 7.20. The van der Waals surface area contributed by atoms with Crippen LogP contribution in [0.3, 0.4) is 0 Å². The van der Waals surface area contributed by atoms with Crippen LogP contribution in [-0.2, 0) is 21.9 Å². The second-order valence-corrected chi connectivity index (χ2v) is 8.52. The Morgan fingerprint density at radius 1 is 1.25 bits per heavy atom. The van der Waals surface area contributed by atoms with Gasteiger partial charge in [0.05, 0.1) is 17.4 Å². The molecule has 154 valence electrons. The van der Waals surface area contributed by atoms with E-state index in [4.69, 9.17) is 0 Å². The van der Waals surface area contributed by atoms with Gasteiger partial charge in [-0.2, -0.15) is 9.82 Å². The predicted molar refractivity (Wildman–Crippen MR) is 110 cm³/mol. The number of amides is 1. The molecule has 28 heavy (non-hydrogen) atoms. The van der Waals surface area contributed by atoms with Crippen molar-refractivity contribution in [1.29, 1.82) is 0 Å². The molecular formula is C19H29N5O3S. The number of carbonyl (C=O) groups excluding carboxylic acids is 1. The number of aryl methyl sites for hydroxylation is 2. The molecule has 8 nitrogen and oxygen atoms in total. The summed E-state index contributed by atoms with van der Waals surface area (Å²) >= 11 is 0. The van der Waals surface area contributed by atoms with E-state index in [0.29, 0.717) is 17.9 Å². The topological polar surface area (TPSA) is 96.3 Å². The van der Waals surface area contributed by atoms with Crippen LogP contribution in [0, 0.1) is 13.8 Å². The third kappa shape index (κ3) is 5.32. The lowest BCUT2D eigenvalue weighted by atomic mass is 10.3. The highest BCUT2D eigenvalue weighted by Crippen LogP contribution is 2.18. The van der Waals surface area contributed by atoms with E-state index >= 15 is 0 Å². The summed E-state index contributed by atoms with van der Waals surface area (Å²) in [4.78, 5) is 14.5. The Bertz CT molecular complexity index is 909. The number of benzene rings is 1. The van der Waals surface area contributed by atoms with Crippen molar-refractivity contribution in [1.82, 2.24) is 19.8 Å². The van der Waals surface area contributed by atoms with E-state index in [1.54, 1.807) is 20.9 Å². The molecule has 0 aliphatic carbocycles. The first-order valence-corrected chi connectivity index (χ1v) is 10.7. The van der Waals surface area contributed by atoms with Crippen LogP contribution in [-0.4, -0.2) is 50.3 Å². The van der Waals surface area contributed by atoms with Crippen molar-refractivity contribution in [3.05, 3.63) is 41.7 Å². The monoisotopic (exact) mass is 407 g/mol. The molecule has 0 radical (unpaired) electrons. The molecule has 0 bridgehead atoms. The predicted octanol–water partition coefficient (Wildman–Crippen LogP) is 1.35. The van der Waals surface area contributed by atoms with Crippen LogP contribution >= 0.6 is 0 Å². The van der Waals surface area contributed by atoms with Gasteiger partial charge < -0.3 is 10.2 Å². The van der Waals surface area contributed by atoms with Gasteiger partial charge in [0.2, 0.25) is 15.9 Å². The number of para-hydroxylation sites is 1.